The molecule has 45 heavy (non-hydrogen) atoms. The van der Waals surface area contributed by atoms with Crippen molar-refractivity contribution in [3.05, 3.63) is 103 Å². The van der Waals surface area contributed by atoms with Gasteiger partial charge in [0.25, 0.3) is 0 Å². The number of carboxylic acid groups (broad SMARTS) is 1. The van der Waals surface area contributed by atoms with Crippen LogP contribution in [0.1, 0.15) is 43.7 Å². The Morgan fingerprint density at radius 1 is 1.18 bits per heavy atom. The summed E-state index contributed by atoms with van der Waals surface area (Å²) in [6.45, 7) is 16.9. The lowest BCUT2D eigenvalue weighted by molar-refractivity contribution is -0.132. The van der Waals surface area contributed by atoms with Crippen LogP contribution in [0.4, 0.5) is 11.6 Å². The van der Waals surface area contributed by atoms with Crippen LogP contribution in [0.25, 0.3) is 6.08 Å². The number of aromatic nitrogens is 2. The molecule has 242 valence electrons. The van der Waals surface area contributed by atoms with Gasteiger partial charge in [0.15, 0.2) is 0 Å². The summed E-state index contributed by atoms with van der Waals surface area (Å²) in [5, 5.41) is 24.3. The summed E-state index contributed by atoms with van der Waals surface area (Å²) in [7, 11) is 0. The molecule has 10 nitrogen and oxygen atoms in total. The second kappa shape index (κ2) is 19.8. The van der Waals surface area contributed by atoms with Gasteiger partial charge in [0.1, 0.15) is 23.7 Å². The fourth-order valence-electron chi connectivity index (χ4n) is 4.95. The van der Waals surface area contributed by atoms with Gasteiger partial charge in [0, 0.05) is 37.4 Å². The Hall–Kier alpha value is -4.35. The summed E-state index contributed by atoms with van der Waals surface area (Å²) >= 11 is 3.53. The Labute approximate surface area is 272 Å². The number of aliphatic hydroxyl groups excluding tert-OH is 1. The Morgan fingerprint density at radius 2 is 1.91 bits per heavy atom. The third kappa shape index (κ3) is 11.9. The molecule has 11 heteroatoms. The molecule has 1 saturated carbocycles. The number of aliphatic carboxylic acids is 1. The van der Waals surface area contributed by atoms with Gasteiger partial charge >= 0.3 is 5.97 Å². The molecule has 1 aliphatic heterocycles. The second-order valence-corrected chi connectivity index (χ2v) is 10.2. The third-order valence-electron chi connectivity index (χ3n) is 7.07. The number of anilines is 2. The Kier molecular flexibility index (Phi) is 16.2. The highest BCUT2D eigenvalue weighted by Gasteiger charge is 2.30. The average molecular weight is 635 g/mol. The molecule has 4 rings (SSSR count). The molecular weight excluding hydrogens is 588 g/mol. The zero-order valence-corrected chi connectivity index (χ0v) is 27.3. The number of allylic oxidation sites excluding steroid dienone is 1. The van der Waals surface area contributed by atoms with Crippen molar-refractivity contribution >= 4 is 42.5 Å². The van der Waals surface area contributed by atoms with Crippen molar-refractivity contribution in [1.82, 2.24) is 15.3 Å². The predicted octanol–water partition coefficient (Wildman–Crippen LogP) is 6.54. The highest BCUT2D eigenvalue weighted by atomic mass is 32.1. The minimum Gasteiger partial charge on any atom is -0.509 e. The molecule has 2 aromatic rings. The minimum absolute atomic E-state index is 0.0776. The molecule has 1 aliphatic carbocycles. The van der Waals surface area contributed by atoms with Crippen LogP contribution in [0.3, 0.4) is 0 Å². The molecule has 1 aromatic carbocycles. The number of nitrogens with zero attached hydrogens (tertiary/aromatic N) is 4. The van der Waals surface area contributed by atoms with Gasteiger partial charge in [-0.2, -0.15) is 12.6 Å². The van der Waals surface area contributed by atoms with E-state index < -0.39 is 5.97 Å². The molecule has 1 aromatic heterocycles. The zero-order valence-electron chi connectivity index (χ0n) is 26.4. The number of carboxylic acids is 1. The van der Waals surface area contributed by atoms with E-state index in [0.29, 0.717) is 41.9 Å². The summed E-state index contributed by atoms with van der Waals surface area (Å²) in [4.78, 5) is 26.4. The minimum atomic E-state index is -0.924. The van der Waals surface area contributed by atoms with Crippen molar-refractivity contribution in [3.8, 4) is 0 Å². The Morgan fingerprint density at radius 3 is 2.56 bits per heavy atom. The first-order valence-corrected chi connectivity index (χ1v) is 15.7. The van der Waals surface area contributed by atoms with Crippen molar-refractivity contribution < 1.29 is 19.7 Å². The highest BCUT2D eigenvalue weighted by Crippen LogP contribution is 2.34. The van der Waals surface area contributed by atoms with Gasteiger partial charge in [-0.05, 0) is 63.1 Å². The molecule has 0 radical (unpaired) electrons. The maximum Gasteiger partial charge on any atom is 0.333 e. The number of ether oxygens (including phenoxy) is 1. The van der Waals surface area contributed by atoms with Crippen LogP contribution in [0.2, 0.25) is 0 Å². The number of nitrogens with one attached hydrogen (secondary N) is 2. The van der Waals surface area contributed by atoms with Crippen LogP contribution in [0.5, 0.6) is 0 Å². The summed E-state index contributed by atoms with van der Waals surface area (Å²) in [6, 6.07) is 10.0. The number of thiol groups is 1. The molecule has 0 amide bonds. The number of hydrogen-bond donors (Lipinski definition) is 5. The van der Waals surface area contributed by atoms with Crippen molar-refractivity contribution in [1.29, 1.82) is 0 Å². The molecule has 4 N–H and O–H groups in total. The van der Waals surface area contributed by atoms with E-state index in [9.17, 15) is 9.90 Å². The molecule has 2 unspecified atom stereocenters. The normalized spacial score (nSPS) is 16.7. The van der Waals surface area contributed by atoms with Crippen molar-refractivity contribution in [2.45, 2.75) is 45.6 Å². The van der Waals surface area contributed by atoms with E-state index in [2.05, 4.69) is 62.9 Å². The van der Waals surface area contributed by atoms with Gasteiger partial charge in [-0.3, -0.25) is 4.99 Å². The fourth-order valence-corrected chi connectivity index (χ4v) is 4.95. The summed E-state index contributed by atoms with van der Waals surface area (Å²) < 4.78 is 5.83. The molecule has 0 bridgehead atoms. The maximum atomic E-state index is 11.2. The summed E-state index contributed by atoms with van der Waals surface area (Å²) in [5.74, 6) is 1.77. The van der Waals surface area contributed by atoms with Gasteiger partial charge < -0.3 is 30.5 Å². The number of benzene rings is 1. The maximum absolute atomic E-state index is 11.2. The van der Waals surface area contributed by atoms with Gasteiger partial charge in [-0.15, -0.1) is 0 Å². The van der Waals surface area contributed by atoms with E-state index in [0.717, 1.165) is 42.8 Å². The lowest BCUT2D eigenvalue weighted by Crippen LogP contribution is -2.30. The van der Waals surface area contributed by atoms with Crippen LogP contribution in [0, 0.1) is 12.8 Å². The largest absolute Gasteiger partial charge is 0.509 e. The first-order chi connectivity index (χ1) is 21.7. The number of rotatable bonds is 14. The predicted molar refractivity (Wildman–Crippen MR) is 188 cm³/mol. The van der Waals surface area contributed by atoms with Gasteiger partial charge in [0.05, 0.1) is 23.7 Å². The van der Waals surface area contributed by atoms with Crippen LogP contribution in [-0.4, -0.2) is 64.4 Å². The third-order valence-corrected chi connectivity index (χ3v) is 7.07. The molecule has 1 fully saturated rings. The van der Waals surface area contributed by atoms with Gasteiger partial charge in [-0.25, -0.2) is 14.8 Å². The molecule has 0 saturated heterocycles. The van der Waals surface area contributed by atoms with Crippen LogP contribution in [0.15, 0.2) is 96.5 Å². The topological polar surface area (TPSA) is 132 Å². The monoisotopic (exact) mass is 634 g/mol. The number of carbonyl (C=O) groups is 1. The average Bonchev–Trinajstić information content (AvgIpc) is 3.71. The van der Waals surface area contributed by atoms with Crippen molar-refractivity contribution in [2.75, 3.05) is 36.2 Å². The lowest BCUT2D eigenvalue weighted by Gasteiger charge is -2.28. The quantitative estimate of drug-likeness (QED) is 0.0892. The molecular formula is C34H46N6O4S. The Balaban J connectivity index is 0.000000454. The van der Waals surface area contributed by atoms with Crippen LogP contribution < -0.4 is 15.5 Å². The Bertz CT molecular complexity index is 1380. The molecule has 2 heterocycles. The van der Waals surface area contributed by atoms with Crippen LogP contribution >= 0.6 is 12.6 Å². The smallest absolute Gasteiger partial charge is 0.333 e. The van der Waals surface area contributed by atoms with Crippen molar-refractivity contribution in [3.63, 3.8) is 0 Å². The first kappa shape index (κ1) is 36.8. The lowest BCUT2D eigenvalue weighted by atomic mass is 10.1. The van der Waals surface area contributed by atoms with E-state index in [-0.39, 0.29) is 18.4 Å². The van der Waals surface area contributed by atoms with E-state index in [1.807, 2.05) is 56.5 Å². The second-order valence-electron chi connectivity index (χ2n) is 10.2. The van der Waals surface area contributed by atoms with E-state index in [4.69, 9.17) is 9.84 Å². The standard InChI is InChI=1S/C23H32N6O3.C10H10O.CH4S/c1-5-24-16(4)28-21-15(3)22(27-14-26-21)29(6-2)18-8-7-17(11-18)12-32-13-20-19(23(30)31)9-10-25-20;1-9(11)7-8-10-5-3-2-4-6-10;1-2/h6,10,14,17-18,24H,2,4-5,7-9,11-13H2,1,3H3,(H,30,31)(H,26,27,28);2-8,11H,1H2;2H,1H3/b;8-7+;. The SMILES string of the molecule is C=C(O)/C=C/c1ccccc1.C=CN(c1ncnc(NC(=C)NCC)c1C)C1CCC(COCC2=C(C(=O)O)CC=N2)C1.CS. The molecule has 2 aliphatic rings. The number of aliphatic hydroxyl groups is 1. The molecule has 2 atom stereocenters. The van der Waals surface area contributed by atoms with Gasteiger partial charge in [-0.1, -0.05) is 56.1 Å². The molecule has 0 spiro atoms. The van der Waals surface area contributed by atoms with E-state index >= 15 is 0 Å². The summed E-state index contributed by atoms with van der Waals surface area (Å²) in [6.07, 6.45) is 13.4. The fraction of sp³-hybridized carbons (Fsp3) is 0.353. The van der Waals surface area contributed by atoms with E-state index in [1.165, 1.54) is 0 Å². The van der Waals surface area contributed by atoms with Gasteiger partial charge in [0.2, 0.25) is 0 Å². The summed E-state index contributed by atoms with van der Waals surface area (Å²) in [5.41, 5.74) is 2.84. The number of aliphatic imine (C=N–C) groups is 1. The number of hydrogen-bond acceptors (Lipinski definition) is 10. The zero-order chi connectivity index (χ0) is 33.2. The highest BCUT2D eigenvalue weighted by molar-refractivity contribution is 7.79. The van der Waals surface area contributed by atoms with Crippen molar-refractivity contribution in [2.24, 2.45) is 10.9 Å². The first-order valence-electron chi connectivity index (χ1n) is 14.8. The van der Waals surface area contributed by atoms with E-state index in [1.54, 1.807) is 24.9 Å². The van der Waals surface area contributed by atoms with Crippen LogP contribution in [-0.2, 0) is 9.53 Å².